The van der Waals surface area contributed by atoms with Gasteiger partial charge in [-0.2, -0.15) is 0 Å². The van der Waals surface area contributed by atoms with Gasteiger partial charge in [-0.25, -0.2) is 4.98 Å². The lowest BCUT2D eigenvalue weighted by molar-refractivity contribution is -0.119. The van der Waals surface area contributed by atoms with Crippen LogP contribution in [0, 0.1) is 12.8 Å². The van der Waals surface area contributed by atoms with Gasteiger partial charge in [0.2, 0.25) is 11.8 Å². The van der Waals surface area contributed by atoms with Gasteiger partial charge in [0.15, 0.2) is 11.5 Å². The number of amides is 1. The van der Waals surface area contributed by atoms with Crippen LogP contribution in [0.4, 0.5) is 0 Å². The highest BCUT2D eigenvalue weighted by atomic mass is 16.5. The summed E-state index contributed by atoms with van der Waals surface area (Å²) in [7, 11) is 3.24. The fourth-order valence-electron chi connectivity index (χ4n) is 3.82. The summed E-state index contributed by atoms with van der Waals surface area (Å²) in [5.74, 6) is 2.02. The summed E-state index contributed by atoms with van der Waals surface area (Å²) < 4.78 is 17.2. The molecule has 1 fully saturated rings. The molecule has 0 radical (unpaired) electrons. The largest absolute Gasteiger partial charge is 0.493 e. The van der Waals surface area contributed by atoms with E-state index in [1.165, 1.54) is 0 Å². The molecule has 0 bridgehead atoms. The highest BCUT2D eigenvalue weighted by molar-refractivity contribution is 5.87. The fourth-order valence-corrected chi connectivity index (χ4v) is 3.82. The summed E-state index contributed by atoms with van der Waals surface area (Å²) in [4.78, 5) is 20.9. The van der Waals surface area contributed by atoms with E-state index in [1.54, 1.807) is 20.4 Å². The van der Waals surface area contributed by atoms with E-state index < -0.39 is 0 Å². The number of benzene rings is 1. The third-order valence-electron chi connectivity index (χ3n) is 5.50. The molecule has 2 atom stereocenters. The molecule has 1 amide bonds. The van der Waals surface area contributed by atoms with E-state index in [1.807, 2.05) is 44.2 Å². The van der Waals surface area contributed by atoms with Gasteiger partial charge in [-0.05, 0) is 49.7 Å². The molecule has 1 saturated heterocycles. The van der Waals surface area contributed by atoms with E-state index in [-0.39, 0.29) is 17.9 Å². The molecule has 4 rings (SSSR count). The number of rotatable bonds is 6. The molecule has 1 aliphatic heterocycles. The number of carbonyl (C=O) groups is 1. The molecule has 1 aromatic carbocycles. The Morgan fingerprint density at radius 3 is 2.73 bits per heavy atom. The molecule has 30 heavy (non-hydrogen) atoms. The zero-order chi connectivity index (χ0) is 21.3. The van der Waals surface area contributed by atoms with Gasteiger partial charge in [-0.3, -0.25) is 9.78 Å². The molecule has 3 aromatic rings. The van der Waals surface area contributed by atoms with E-state index in [4.69, 9.17) is 19.2 Å². The lowest BCUT2D eigenvalue weighted by Crippen LogP contribution is -2.26. The Balaban J connectivity index is 1.77. The topological polar surface area (TPSA) is 82.6 Å². The number of aromatic nitrogens is 2. The lowest BCUT2D eigenvalue weighted by Gasteiger charge is -2.20. The van der Waals surface area contributed by atoms with Crippen molar-refractivity contribution in [1.82, 2.24) is 15.3 Å². The SMILES string of the molecule is COc1cc(-c2cc3ncccc3c(O[C@H](C)[C@H]3CNC(=O)C3)n2)cc(C)c1OC. The normalized spacial score (nSPS) is 16.9. The number of methoxy groups -OCH3 is 2. The van der Waals surface area contributed by atoms with Crippen LogP contribution in [0.2, 0.25) is 0 Å². The molecule has 0 spiro atoms. The first-order valence-electron chi connectivity index (χ1n) is 9.92. The Hall–Kier alpha value is -3.35. The van der Waals surface area contributed by atoms with Gasteiger partial charge in [0, 0.05) is 30.6 Å². The average molecular weight is 407 g/mol. The number of carbonyl (C=O) groups excluding carboxylic acids is 1. The second kappa shape index (κ2) is 8.18. The van der Waals surface area contributed by atoms with Crippen LogP contribution in [0.25, 0.3) is 22.2 Å². The first-order chi connectivity index (χ1) is 14.5. The summed E-state index contributed by atoms with van der Waals surface area (Å²) in [6.07, 6.45) is 2.05. The van der Waals surface area contributed by atoms with Crippen LogP contribution in [0.3, 0.4) is 0 Å². The van der Waals surface area contributed by atoms with Crippen molar-refractivity contribution in [2.75, 3.05) is 20.8 Å². The van der Waals surface area contributed by atoms with Crippen molar-refractivity contribution in [3.05, 3.63) is 42.1 Å². The van der Waals surface area contributed by atoms with Crippen LogP contribution in [-0.2, 0) is 4.79 Å². The smallest absolute Gasteiger partial charge is 0.223 e. The highest BCUT2D eigenvalue weighted by Gasteiger charge is 2.28. The minimum Gasteiger partial charge on any atom is -0.493 e. The molecular weight excluding hydrogens is 382 g/mol. The number of nitrogens with one attached hydrogen (secondary N) is 1. The molecule has 2 aromatic heterocycles. The molecule has 0 aliphatic carbocycles. The standard InChI is InChI=1S/C23H25N3O4/c1-13-8-15(9-20(28-3)22(13)29-4)18-11-19-17(6-5-7-24-19)23(26-18)30-14(2)16-10-21(27)25-12-16/h5-9,11,14,16H,10,12H2,1-4H3,(H,25,27)/t14-,16-/m1/s1. The number of pyridine rings is 2. The van der Waals surface area contributed by atoms with Crippen LogP contribution < -0.4 is 19.5 Å². The number of hydrogen-bond acceptors (Lipinski definition) is 6. The van der Waals surface area contributed by atoms with Crippen molar-refractivity contribution in [1.29, 1.82) is 0 Å². The minimum atomic E-state index is -0.165. The van der Waals surface area contributed by atoms with Gasteiger partial charge >= 0.3 is 0 Å². The van der Waals surface area contributed by atoms with Gasteiger partial charge < -0.3 is 19.5 Å². The van der Waals surface area contributed by atoms with Gasteiger partial charge in [-0.1, -0.05) is 0 Å². The number of ether oxygens (including phenoxy) is 3. The molecule has 7 nitrogen and oxygen atoms in total. The molecule has 0 saturated carbocycles. The zero-order valence-electron chi connectivity index (χ0n) is 17.6. The maximum atomic E-state index is 11.6. The lowest BCUT2D eigenvalue weighted by atomic mass is 10.0. The number of aryl methyl sites for hydroxylation is 1. The van der Waals surface area contributed by atoms with Crippen molar-refractivity contribution in [3.8, 4) is 28.6 Å². The second-order valence-electron chi connectivity index (χ2n) is 7.50. The third-order valence-corrected chi connectivity index (χ3v) is 5.50. The quantitative estimate of drug-likeness (QED) is 0.673. The van der Waals surface area contributed by atoms with Gasteiger partial charge in [0.1, 0.15) is 6.10 Å². The second-order valence-corrected chi connectivity index (χ2v) is 7.50. The highest BCUT2D eigenvalue weighted by Crippen LogP contribution is 2.37. The number of fused-ring (bicyclic) bond motifs is 1. The van der Waals surface area contributed by atoms with E-state index in [0.717, 1.165) is 27.7 Å². The van der Waals surface area contributed by atoms with E-state index in [0.29, 0.717) is 30.3 Å². The molecule has 0 unspecified atom stereocenters. The minimum absolute atomic E-state index is 0.0597. The van der Waals surface area contributed by atoms with Crippen LogP contribution in [0.15, 0.2) is 36.5 Å². The van der Waals surface area contributed by atoms with Crippen molar-refractivity contribution < 1.29 is 19.0 Å². The van der Waals surface area contributed by atoms with Gasteiger partial charge in [0.25, 0.3) is 0 Å². The van der Waals surface area contributed by atoms with Crippen molar-refractivity contribution in [2.24, 2.45) is 5.92 Å². The molecule has 3 heterocycles. The maximum Gasteiger partial charge on any atom is 0.223 e. The number of nitrogens with zero attached hydrogens (tertiary/aromatic N) is 2. The Morgan fingerprint density at radius 1 is 1.20 bits per heavy atom. The summed E-state index contributed by atoms with van der Waals surface area (Å²) >= 11 is 0. The summed E-state index contributed by atoms with van der Waals surface area (Å²) in [6, 6.07) is 9.65. The van der Waals surface area contributed by atoms with E-state index in [2.05, 4.69) is 10.3 Å². The molecular formula is C23H25N3O4. The van der Waals surface area contributed by atoms with Crippen LogP contribution in [-0.4, -0.2) is 42.7 Å². The monoisotopic (exact) mass is 407 g/mol. The number of hydrogen-bond donors (Lipinski definition) is 1. The molecule has 156 valence electrons. The predicted octanol–water partition coefficient (Wildman–Crippen LogP) is 3.53. The third kappa shape index (κ3) is 3.75. The molecule has 7 heteroatoms. The summed E-state index contributed by atoms with van der Waals surface area (Å²) in [5.41, 5.74) is 3.35. The first kappa shape index (κ1) is 19.9. The van der Waals surface area contributed by atoms with Crippen LogP contribution in [0.1, 0.15) is 18.9 Å². The van der Waals surface area contributed by atoms with Crippen LogP contribution >= 0.6 is 0 Å². The molecule has 1 N–H and O–H groups in total. The average Bonchev–Trinajstić information content (AvgIpc) is 3.19. The van der Waals surface area contributed by atoms with Crippen molar-refractivity contribution >= 4 is 16.8 Å². The van der Waals surface area contributed by atoms with E-state index in [9.17, 15) is 4.79 Å². The Labute approximate surface area is 175 Å². The van der Waals surface area contributed by atoms with Crippen LogP contribution in [0.5, 0.6) is 17.4 Å². The summed E-state index contributed by atoms with van der Waals surface area (Å²) in [6.45, 7) is 4.56. The van der Waals surface area contributed by atoms with Crippen molar-refractivity contribution in [2.45, 2.75) is 26.4 Å². The Kier molecular flexibility index (Phi) is 5.44. The molecule has 1 aliphatic rings. The fraction of sp³-hybridized carbons (Fsp3) is 0.348. The van der Waals surface area contributed by atoms with Gasteiger partial charge in [-0.15, -0.1) is 0 Å². The van der Waals surface area contributed by atoms with Gasteiger partial charge in [0.05, 0.1) is 30.8 Å². The Bertz CT molecular complexity index is 1100. The zero-order valence-corrected chi connectivity index (χ0v) is 17.6. The van der Waals surface area contributed by atoms with E-state index >= 15 is 0 Å². The van der Waals surface area contributed by atoms with Crippen molar-refractivity contribution in [3.63, 3.8) is 0 Å². The summed E-state index contributed by atoms with van der Waals surface area (Å²) in [5, 5.41) is 3.70. The predicted molar refractivity (Wildman–Crippen MR) is 114 cm³/mol. The maximum absolute atomic E-state index is 11.6. The first-order valence-corrected chi connectivity index (χ1v) is 9.92. The Morgan fingerprint density at radius 2 is 2.03 bits per heavy atom.